The Kier molecular flexibility index (Phi) is 4.84. The number of carboxylic acids is 1. The normalized spacial score (nSPS) is 12.1. The summed E-state index contributed by atoms with van der Waals surface area (Å²) in [5, 5.41) is 18.6. The number of aldehydes is 1. The lowest BCUT2D eigenvalue weighted by Gasteiger charge is -2.16. The summed E-state index contributed by atoms with van der Waals surface area (Å²) in [5.74, 6) is -1.27. The van der Waals surface area contributed by atoms with E-state index in [0.29, 0.717) is 24.8 Å². The number of aliphatic carboxylic acids is 1. The van der Waals surface area contributed by atoms with E-state index in [1.165, 1.54) is 0 Å². The van der Waals surface area contributed by atoms with E-state index in [1.807, 2.05) is 13.0 Å². The minimum atomic E-state index is -1.52. The quantitative estimate of drug-likeness (QED) is 0.734. The molecule has 0 bridgehead atoms. The third kappa shape index (κ3) is 3.14. The standard InChI is InChI=1S/C13H16O4/c1-2-9-5-3-6-10(7-4-8-14)11(9)12(15)13(16)17/h3,5-6,8,12,15H,2,4,7H2,1H3,(H,16,17). The number of rotatable bonds is 6. The van der Waals surface area contributed by atoms with Crippen LogP contribution in [0.1, 0.15) is 36.1 Å². The molecule has 0 aliphatic heterocycles. The van der Waals surface area contributed by atoms with E-state index in [0.717, 1.165) is 17.4 Å². The Labute approximate surface area is 99.9 Å². The maximum absolute atomic E-state index is 10.9. The molecule has 0 amide bonds. The second kappa shape index (κ2) is 6.15. The first-order chi connectivity index (χ1) is 8.11. The summed E-state index contributed by atoms with van der Waals surface area (Å²) in [6, 6.07) is 5.37. The molecule has 0 saturated carbocycles. The topological polar surface area (TPSA) is 74.6 Å². The average molecular weight is 236 g/mol. The van der Waals surface area contributed by atoms with Gasteiger partial charge in [-0.15, -0.1) is 0 Å². The summed E-state index contributed by atoms with van der Waals surface area (Å²) in [7, 11) is 0. The fraction of sp³-hybridized carbons (Fsp3) is 0.385. The predicted molar refractivity (Wildman–Crippen MR) is 62.8 cm³/mol. The lowest BCUT2D eigenvalue weighted by molar-refractivity contribution is -0.147. The molecule has 17 heavy (non-hydrogen) atoms. The molecule has 1 aromatic rings. The van der Waals surface area contributed by atoms with Crippen LogP contribution in [-0.2, 0) is 22.4 Å². The van der Waals surface area contributed by atoms with Crippen LogP contribution in [0.5, 0.6) is 0 Å². The van der Waals surface area contributed by atoms with Gasteiger partial charge in [-0.1, -0.05) is 25.1 Å². The van der Waals surface area contributed by atoms with E-state index < -0.39 is 12.1 Å². The molecule has 1 unspecified atom stereocenters. The number of aryl methyl sites for hydroxylation is 2. The second-order valence-electron chi connectivity index (χ2n) is 3.79. The van der Waals surface area contributed by atoms with Crippen molar-refractivity contribution in [3.63, 3.8) is 0 Å². The molecule has 0 radical (unpaired) electrons. The Morgan fingerprint density at radius 2 is 2.06 bits per heavy atom. The summed E-state index contributed by atoms with van der Waals surface area (Å²) in [5.41, 5.74) is 1.97. The highest BCUT2D eigenvalue weighted by atomic mass is 16.4. The molecule has 1 rings (SSSR count). The number of hydrogen-bond acceptors (Lipinski definition) is 3. The Morgan fingerprint density at radius 3 is 2.59 bits per heavy atom. The molecule has 0 aromatic heterocycles. The summed E-state index contributed by atoms with van der Waals surface area (Å²) in [4.78, 5) is 21.2. The maximum Gasteiger partial charge on any atom is 0.337 e. The van der Waals surface area contributed by atoms with Crippen LogP contribution in [0.15, 0.2) is 18.2 Å². The van der Waals surface area contributed by atoms with Gasteiger partial charge in [-0.25, -0.2) is 4.79 Å². The van der Waals surface area contributed by atoms with Crippen LogP contribution >= 0.6 is 0 Å². The van der Waals surface area contributed by atoms with Crippen molar-refractivity contribution in [2.45, 2.75) is 32.3 Å². The molecule has 0 aliphatic rings. The van der Waals surface area contributed by atoms with Crippen molar-refractivity contribution in [2.75, 3.05) is 0 Å². The van der Waals surface area contributed by atoms with Crippen molar-refractivity contribution in [2.24, 2.45) is 0 Å². The largest absolute Gasteiger partial charge is 0.479 e. The zero-order valence-electron chi connectivity index (χ0n) is 9.72. The van der Waals surface area contributed by atoms with Crippen LogP contribution in [0.2, 0.25) is 0 Å². The Balaban J connectivity index is 3.19. The average Bonchev–Trinajstić information content (AvgIpc) is 2.34. The summed E-state index contributed by atoms with van der Waals surface area (Å²) in [6.07, 6.45) is 0.695. The highest BCUT2D eigenvalue weighted by Crippen LogP contribution is 2.24. The van der Waals surface area contributed by atoms with E-state index in [-0.39, 0.29) is 0 Å². The van der Waals surface area contributed by atoms with Gasteiger partial charge in [-0.2, -0.15) is 0 Å². The molecular formula is C13H16O4. The van der Waals surface area contributed by atoms with Crippen molar-refractivity contribution in [3.8, 4) is 0 Å². The van der Waals surface area contributed by atoms with Crippen molar-refractivity contribution < 1.29 is 19.8 Å². The number of carbonyl (C=O) groups excluding carboxylic acids is 1. The maximum atomic E-state index is 10.9. The van der Waals surface area contributed by atoms with Crippen LogP contribution < -0.4 is 0 Å². The summed E-state index contributed by atoms with van der Waals surface area (Å²) in [6.45, 7) is 1.90. The van der Waals surface area contributed by atoms with E-state index in [4.69, 9.17) is 5.11 Å². The molecule has 0 heterocycles. The number of benzene rings is 1. The third-order valence-corrected chi connectivity index (χ3v) is 2.71. The van der Waals surface area contributed by atoms with Gasteiger partial charge in [-0.05, 0) is 29.5 Å². The minimum absolute atomic E-state index is 0.326. The second-order valence-corrected chi connectivity index (χ2v) is 3.79. The van der Waals surface area contributed by atoms with E-state index >= 15 is 0 Å². The highest BCUT2D eigenvalue weighted by molar-refractivity contribution is 5.75. The smallest absolute Gasteiger partial charge is 0.337 e. The molecule has 1 atom stereocenters. The molecule has 92 valence electrons. The Morgan fingerprint density at radius 1 is 1.41 bits per heavy atom. The van der Waals surface area contributed by atoms with Gasteiger partial charge >= 0.3 is 5.97 Å². The fourth-order valence-electron chi connectivity index (χ4n) is 1.88. The first-order valence-corrected chi connectivity index (χ1v) is 5.57. The zero-order chi connectivity index (χ0) is 12.8. The lowest BCUT2D eigenvalue weighted by atomic mass is 9.92. The summed E-state index contributed by atoms with van der Waals surface area (Å²) < 4.78 is 0. The molecule has 2 N–H and O–H groups in total. The number of aliphatic hydroxyl groups excluding tert-OH is 1. The predicted octanol–water partition coefficient (Wildman–Crippen LogP) is 1.50. The van der Waals surface area contributed by atoms with Gasteiger partial charge in [0, 0.05) is 6.42 Å². The molecule has 0 saturated heterocycles. The SMILES string of the molecule is CCc1cccc(CCC=O)c1C(O)C(=O)O. The van der Waals surface area contributed by atoms with Crippen LogP contribution in [0, 0.1) is 0 Å². The van der Waals surface area contributed by atoms with Gasteiger partial charge in [0.2, 0.25) is 0 Å². The van der Waals surface area contributed by atoms with Gasteiger partial charge in [-0.3, -0.25) is 0 Å². The Bertz CT molecular complexity index is 412. The van der Waals surface area contributed by atoms with E-state index in [9.17, 15) is 14.7 Å². The number of hydrogen-bond donors (Lipinski definition) is 2. The third-order valence-electron chi connectivity index (χ3n) is 2.71. The molecule has 4 heteroatoms. The van der Waals surface area contributed by atoms with Crippen molar-refractivity contribution >= 4 is 12.3 Å². The van der Waals surface area contributed by atoms with E-state index in [2.05, 4.69) is 0 Å². The van der Waals surface area contributed by atoms with Crippen LogP contribution in [0.3, 0.4) is 0 Å². The fourth-order valence-corrected chi connectivity index (χ4v) is 1.88. The zero-order valence-corrected chi connectivity index (χ0v) is 9.72. The monoisotopic (exact) mass is 236 g/mol. The molecule has 0 fully saturated rings. The first-order valence-electron chi connectivity index (χ1n) is 5.57. The van der Waals surface area contributed by atoms with Gasteiger partial charge in [0.25, 0.3) is 0 Å². The van der Waals surface area contributed by atoms with E-state index in [1.54, 1.807) is 12.1 Å². The molecule has 1 aromatic carbocycles. The van der Waals surface area contributed by atoms with Crippen LogP contribution in [-0.4, -0.2) is 22.5 Å². The number of carbonyl (C=O) groups is 2. The molecule has 0 spiro atoms. The highest BCUT2D eigenvalue weighted by Gasteiger charge is 2.21. The minimum Gasteiger partial charge on any atom is -0.479 e. The molecular weight excluding hydrogens is 220 g/mol. The van der Waals surface area contributed by atoms with Gasteiger partial charge in [0.1, 0.15) is 6.29 Å². The number of aliphatic hydroxyl groups is 1. The van der Waals surface area contributed by atoms with Gasteiger partial charge < -0.3 is 15.0 Å². The molecule has 0 aliphatic carbocycles. The van der Waals surface area contributed by atoms with Crippen molar-refractivity contribution in [3.05, 3.63) is 34.9 Å². The van der Waals surface area contributed by atoms with Crippen LogP contribution in [0.25, 0.3) is 0 Å². The van der Waals surface area contributed by atoms with Gasteiger partial charge in [0.15, 0.2) is 6.10 Å². The van der Waals surface area contributed by atoms with Crippen molar-refractivity contribution in [1.82, 2.24) is 0 Å². The van der Waals surface area contributed by atoms with Crippen LogP contribution in [0.4, 0.5) is 0 Å². The number of carboxylic acid groups (broad SMARTS) is 1. The Hall–Kier alpha value is -1.68. The summed E-state index contributed by atoms with van der Waals surface area (Å²) >= 11 is 0. The molecule has 4 nitrogen and oxygen atoms in total. The van der Waals surface area contributed by atoms with Gasteiger partial charge in [0.05, 0.1) is 0 Å². The van der Waals surface area contributed by atoms with Crippen molar-refractivity contribution in [1.29, 1.82) is 0 Å². The lowest BCUT2D eigenvalue weighted by Crippen LogP contribution is -2.15. The first kappa shape index (κ1) is 13.4.